The molecule has 25 heavy (non-hydrogen) atoms. The lowest BCUT2D eigenvalue weighted by Crippen LogP contribution is -2.49. The molecular formula is C16H16ClN7O. The smallest absolute Gasteiger partial charge is 0.255 e. The molecule has 4 heterocycles. The molecule has 3 aromatic heterocycles. The molecule has 0 radical (unpaired) electrons. The van der Waals surface area contributed by atoms with Crippen molar-refractivity contribution in [2.24, 2.45) is 7.05 Å². The van der Waals surface area contributed by atoms with Gasteiger partial charge < -0.3 is 9.80 Å². The fourth-order valence-corrected chi connectivity index (χ4v) is 3.12. The number of fused-ring (bicyclic) bond motifs is 1. The predicted octanol–water partition coefficient (Wildman–Crippen LogP) is 1.37. The second-order valence-electron chi connectivity index (χ2n) is 5.85. The molecule has 0 aliphatic carbocycles. The van der Waals surface area contributed by atoms with Crippen LogP contribution in [-0.4, -0.2) is 61.7 Å². The quantitative estimate of drug-likeness (QED) is 0.644. The number of hydrogen-bond acceptors (Lipinski definition) is 6. The van der Waals surface area contributed by atoms with E-state index in [0.29, 0.717) is 36.9 Å². The minimum absolute atomic E-state index is 0.0296. The van der Waals surface area contributed by atoms with Gasteiger partial charge in [0.1, 0.15) is 17.3 Å². The maximum absolute atomic E-state index is 12.6. The highest BCUT2D eigenvalue weighted by molar-refractivity contribution is 6.29. The Bertz CT molecular complexity index is 916. The van der Waals surface area contributed by atoms with Crippen molar-refractivity contribution in [1.29, 1.82) is 0 Å². The molecule has 3 aromatic rings. The summed E-state index contributed by atoms with van der Waals surface area (Å²) >= 11 is 5.78. The second-order valence-corrected chi connectivity index (χ2v) is 6.24. The Morgan fingerprint density at radius 3 is 2.60 bits per heavy atom. The third-order valence-corrected chi connectivity index (χ3v) is 4.57. The fraction of sp³-hybridized carbons (Fsp3) is 0.312. The Labute approximate surface area is 149 Å². The number of piperazine rings is 1. The zero-order chi connectivity index (χ0) is 17.4. The Morgan fingerprint density at radius 1 is 1.08 bits per heavy atom. The van der Waals surface area contributed by atoms with E-state index in [1.165, 1.54) is 6.20 Å². The first kappa shape index (κ1) is 15.8. The molecule has 0 N–H and O–H groups in total. The van der Waals surface area contributed by atoms with E-state index >= 15 is 0 Å². The summed E-state index contributed by atoms with van der Waals surface area (Å²) in [4.78, 5) is 29.2. The van der Waals surface area contributed by atoms with Crippen LogP contribution < -0.4 is 4.90 Å². The Hall–Kier alpha value is -2.74. The lowest BCUT2D eigenvalue weighted by atomic mass is 10.2. The highest BCUT2D eigenvalue weighted by Crippen LogP contribution is 2.23. The van der Waals surface area contributed by atoms with E-state index in [4.69, 9.17) is 11.6 Å². The van der Waals surface area contributed by atoms with Crippen molar-refractivity contribution in [3.8, 4) is 0 Å². The second kappa shape index (κ2) is 6.29. The Morgan fingerprint density at radius 2 is 1.88 bits per heavy atom. The topological polar surface area (TPSA) is 80.0 Å². The number of halogens is 1. The third kappa shape index (κ3) is 2.89. The molecule has 1 aliphatic rings. The molecule has 1 fully saturated rings. The van der Waals surface area contributed by atoms with Gasteiger partial charge in [-0.25, -0.2) is 15.0 Å². The third-order valence-electron chi connectivity index (χ3n) is 4.35. The molecule has 0 unspecified atom stereocenters. The summed E-state index contributed by atoms with van der Waals surface area (Å²) in [5.41, 5.74) is 1.35. The summed E-state index contributed by atoms with van der Waals surface area (Å²) in [5, 5.41) is 5.55. The molecule has 9 heteroatoms. The van der Waals surface area contributed by atoms with Crippen LogP contribution in [0.2, 0.25) is 5.15 Å². The van der Waals surface area contributed by atoms with Gasteiger partial charge in [-0.3, -0.25) is 9.48 Å². The van der Waals surface area contributed by atoms with Crippen LogP contribution in [0, 0.1) is 0 Å². The average Bonchev–Trinajstić information content (AvgIpc) is 3.03. The van der Waals surface area contributed by atoms with Crippen LogP contribution in [0.25, 0.3) is 11.0 Å². The first-order chi connectivity index (χ1) is 12.1. The number of carbonyl (C=O) groups is 1. The van der Waals surface area contributed by atoms with Crippen molar-refractivity contribution in [3.63, 3.8) is 0 Å². The summed E-state index contributed by atoms with van der Waals surface area (Å²) in [6.45, 7) is 2.64. The number of hydrogen-bond donors (Lipinski definition) is 0. The van der Waals surface area contributed by atoms with Crippen molar-refractivity contribution < 1.29 is 4.79 Å². The monoisotopic (exact) mass is 357 g/mol. The van der Waals surface area contributed by atoms with Crippen molar-refractivity contribution in [2.75, 3.05) is 31.1 Å². The maximum atomic E-state index is 12.6. The van der Waals surface area contributed by atoms with Crippen LogP contribution in [-0.2, 0) is 7.05 Å². The number of anilines is 1. The van der Waals surface area contributed by atoms with Crippen LogP contribution in [0.3, 0.4) is 0 Å². The number of amides is 1. The van der Waals surface area contributed by atoms with Crippen LogP contribution in [0.1, 0.15) is 10.4 Å². The van der Waals surface area contributed by atoms with Gasteiger partial charge in [-0.1, -0.05) is 11.6 Å². The van der Waals surface area contributed by atoms with E-state index in [9.17, 15) is 4.79 Å². The molecule has 0 saturated carbocycles. The molecular weight excluding hydrogens is 342 g/mol. The summed E-state index contributed by atoms with van der Waals surface area (Å²) in [6.07, 6.45) is 4.85. The molecule has 1 aliphatic heterocycles. The fourth-order valence-electron chi connectivity index (χ4n) is 3.01. The maximum Gasteiger partial charge on any atom is 0.255 e. The van der Waals surface area contributed by atoms with Crippen molar-refractivity contribution in [3.05, 3.63) is 41.6 Å². The van der Waals surface area contributed by atoms with E-state index < -0.39 is 0 Å². The zero-order valence-corrected chi connectivity index (χ0v) is 14.4. The summed E-state index contributed by atoms with van der Waals surface area (Å²) in [6, 6.07) is 3.33. The zero-order valence-electron chi connectivity index (χ0n) is 13.6. The Kier molecular flexibility index (Phi) is 3.96. The SMILES string of the molecule is Cn1ncc2c(N3CCN(C(=O)c4ccc(Cl)nc4)CC3)ncnc21. The first-order valence-corrected chi connectivity index (χ1v) is 8.30. The Balaban J connectivity index is 1.49. The largest absolute Gasteiger partial charge is 0.352 e. The molecule has 1 saturated heterocycles. The standard InChI is InChI=1S/C16H16ClN7O/c1-22-14-12(9-21-22)15(20-10-19-14)23-4-6-24(7-5-23)16(25)11-2-3-13(17)18-8-11/h2-3,8-10H,4-7H2,1H3. The summed E-state index contributed by atoms with van der Waals surface area (Å²) in [5.74, 6) is 0.830. The van der Waals surface area contributed by atoms with E-state index in [-0.39, 0.29) is 5.91 Å². The van der Waals surface area contributed by atoms with Crippen LogP contribution in [0.4, 0.5) is 5.82 Å². The van der Waals surface area contributed by atoms with Gasteiger partial charge in [0.2, 0.25) is 0 Å². The number of pyridine rings is 1. The minimum atomic E-state index is -0.0296. The van der Waals surface area contributed by atoms with Gasteiger partial charge in [-0.05, 0) is 12.1 Å². The van der Waals surface area contributed by atoms with E-state index in [2.05, 4.69) is 25.0 Å². The van der Waals surface area contributed by atoms with Crippen LogP contribution in [0.15, 0.2) is 30.9 Å². The van der Waals surface area contributed by atoms with Crippen LogP contribution in [0.5, 0.6) is 0 Å². The molecule has 128 valence electrons. The molecule has 0 aromatic carbocycles. The molecule has 4 rings (SSSR count). The van der Waals surface area contributed by atoms with Crippen molar-refractivity contribution in [2.45, 2.75) is 0 Å². The minimum Gasteiger partial charge on any atom is -0.352 e. The number of rotatable bonds is 2. The molecule has 0 bridgehead atoms. The molecule has 1 amide bonds. The summed E-state index contributed by atoms with van der Waals surface area (Å²) < 4.78 is 1.73. The van der Waals surface area contributed by atoms with E-state index in [1.807, 2.05) is 11.9 Å². The lowest BCUT2D eigenvalue weighted by Gasteiger charge is -2.35. The number of carbonyl (C=O) groups excluding carboxylic acids is 1. The molecule has 8 nitrogen and oxygen atoms in total. The van der Waals surface area contributed by atoms with Gasteiger partial charge in [0.25, 0.3) is 5.91 Å². The number of nitrogens with zero attached hydrogens (tertiary/aromatic N) is 7. The van der Waals surface area contributed by atoms with Gasteiger partial charge in [0.05, 0.1) is 17.1 Å². The van der Waals surface area contributed by atoms with Gasteiger partial charge in [0, 0.05) is 39.4 Å². The first-order valence-electron chi connectivity index (χ1n) is 7.92. The average molecular weight is 358 g/mol. The molecule has 0 spiro atoms. The molecule has 0 atom stereocenters. The highest BCUT2D eigenvalue weighted by Gasteiger charge is 2.24. The van der Waals surface area contributed by atoms with Gasteiger partial charge >= 0.3 is 0 Å². The normalized spacial score (nSPS) is 15.0. The van der Waals surface area contributed by atoms with Crippen LogP contribution >= 0.6 is 11.6 Å². The van der Waals surface area contributed by atoms with Gasteiger partial charge in [-0.2, -0.15) is 5.10 Å². The van der Waals surface area contributed by atoms with Crippen molar-refractivity contribution >= 4 is 34.4 Å². The van der Waals surface area contributed by atoms with Crippen molar-refractivity contribution in [1.82, 2.24) is 29.6 Å². The predicted molar refractivity (Wildman–Crippen MR) is 93.7 cm³/mol. The lowest BCUT2D eigenvalue weighted by molar-refractivity contribution is 0.0746. The van der Waals surface area contributed by atoms with Gasteiger partial charge in [-0.15, -0.1) is 0 Å². The van der Waals surface area contributed by atoms with E-state index in [0.717, 1.165) is 16.9 Å². The van der Waals surface area contributed by atoms with E-state index in [1.54, 1.807) is 29.3 Å². The van der Waals surface area contributed by atoms with Gasteiger partial charge in [0.15, 0.2) is 5.65 Å². The number of aryl methyl sites for hydroxylation is 1. The summed E-state index contributed by atoms with van der Waals surface area (Å²) in [7, 11) is 1.86. The number of aromatic nitrogens is 5. The highest BCUT2D eigenvalue weighted by atomic mass is 35.5.